The Bertz CT molecular complexity index is 805. The van der Waals surface area contributed by atoms with E-state index in [0.29, 0.717) is 16.4 Å². The molecule has 0 aliphatic carbocycles. The summed E-state index contributed by atoms with van der Waals surface area (Å²) < 4.78 is 1.92. The fraction of sp³-hybridized carbons (Fsp3) is 0.0667. The summed E-state index contributed by atoms with van der Waals surface area (Å²) in [4.78, 5) is 12.3. The fourth-order valence-corrected chi connectivity index (χ4v) is 2.48. The highest BCUT2D eigenvalue weighted by Gasteiger charge is 2.10. The van der Waals surface area contributed by atoms with E-state index in [0.717, 1.165) is 11.4 Å². The van der Waals surface area contributed by atoms with Crippen LogP contribution in [0.25, 0.3) is 5.69 Å². The van der Waals surface area contributed by atoms with Gasteiger partial charge in [0.2, 0.25) is 0 Å². The number of thioether (sulfide) groups is 1. The molecule has 7 heteroatoms. The first-order valence-electron chi connectivity index (χ1n) is 6.46. The number of nitrogens with one attached hydrogen (secondary N) is 1. The van der Waals surface area contributed by atoms with Gasteiger partial charge in [-0.15, -0.1) is 11.8 Å². The van der Waals surface area contributed by atoms with Crippen LogP contribution < -0.4 is 5.32 Å². The van der Waals surface area contributed by atoms with E-state index in [-0.39, 0.29) is 0 Å². The zero-order chi connectivity index (χ0) is 15.4. The summed E-state index contributed by atoms with van der Waals surface area (Å²) in [6.45, 7) is 0. The molecule has 108 valence electrons. The summed E-state index contributed by atoms with van der Waals surface area (Å²) in [7, 11) is 0. The molecule has 3 rings (SSSR count). The summed E-state index contributed by atoms with van der Waals surface area (Å²) in [5, 5.41) is 13.1. The molecular weight excluding hydrogens is 296 g/mol. The summed E-state index contributed by atoms with van der Waals surface area (Å²) in [5.41, 5.74) is 2.32. The number of anilines is 2. The van der Waals surface area contributed by atoms with Gasteiger partial charge in [-0.05, 0) is 30.5 Å². The average Bonchev–Trinajstić information content (AvgIpc) is 3.09. The first-order chi connectivity index (χ1) is 10.8. The van der Waals surface area contributed by atoms with Gasteiger partial charge in [-0.1, -0.05) is 0 Å². The van der Waals surface area contributed by atoms with Crippen LogP contribution in [-0.4, -0.2) is 25.8 Å². The minimum absolute atomic E-state index is 0.452. The Balaban J connectivity index is 1.87. The molecule has 0 saturated heterocycles. The Labute approximate surface area is 131 Å². The lowest BCUT2D eigenvalue weighted by Crippen LogP contribution is -2.00. The lowest BCUT2D eigenvalue weighted by atomic mass is 10.2. The van der Waals surface area contributed by atoms with Crippen LogP contribution in [-0.2, 0) is 0 Å². The second kappa shape index (κ2) is 6.28. The van der Waals surface area contributed by atoms with E-state index in [4.69, 9.17) is 0 Å². The molecule has 22 heavy (non-hydrogen) atoms. The molecule has 0 unspecified atom stereocenters. The van der Waals surface area contributed by atoms with E-state index >= 15 is 0 Å². The molecule has 3 aromatic rings. The zero-order valence-corrected chi connectivity index (χ0v) is 12.6. The highest BCUT2D eigenvalue weighted by molar-refractivity contribution is 7.98. The van der Waals surface area contributed by atoms with Crippen LogP contribution in [0.15, 0.2) is 54.3 Å². The van der Waals surface area contributed by atoms with E-state index in [9.17, 15) is 5.26 Å². The summed E-state index contributed by atoms with van der Waals surface area (Å²) in [5.74, 6) is 0.511. The molecule has 6 nitrogen and oxygen atoms in total. The Hall–Kier alpha value is -2.85. The van der Waals surface area contributed by atoms with Gasteiger partial charge in [0.25, 0.3) is 0 Å². The van der Waals surface area contributed by atoms with Gasteiger partial charge in [0.1, 0.15) is 23.0 Å². The monoisotopic (exact) mass is 308 g/mol. The third kappa shape index (κ3) is 2.77. The second-order valence-electron chi connectivity index (χ2n) is 4.36. The molecule has 0 bridgehead atoms. The number of hydrogen-bond acceptors (Lipinski definition) is 6. The lowest BCUT2D eigenvalue weighted by Gasteiger charge is -2.09. The van der Waals surface area contributed by atoms with Crippen molar-refractivity contribution in [2.24, 2.45) is 0 Å². The Morgan fingerprint density at radius 1 is 1.23 bits per heavy atom. The first-order valence-corrected chi connectivity index (χ1v) is 7.69. The van der Waals surface area contributed by atoms with E-state index < -0.39 is 0 Å². The van der Waals surface area contributed by atoms with Gasteiger partial charge in [-0.25, -0.2) is 15.0 Å². The van der Waals surface area contributed by atoms with Crippen molar-refractivity contribution in [3.63, 3.8) is 0 Å². The molecule has 0 atom stereocenters. The van der Waals surface area contributed by atoms with Crippen molar-refractivity contribution in [2.45, 2.75) is 5.03 Å². The van der Waals surface area contributed by atoms with Crippen LogP contribution in [0.5, 0.6) is 0 Å². The van der Waals surface area contributed by atoms with Gasteiger partial charge in [-0.2, -0.15) is 5.26 Å². The standard InChI is InChI=1S/C15H12N6S/c1-22-15-13(8-16)14(18-9-19-15)20-11-2-4-12(5-3-11)21-7-6-17-10-21/h2-7,9-10H,1H3,(H,18,19,20). The van der Waals surface area contributed by atoms with E-state index in [2.05, 4.69) is 26.3 Å². The molecule has 0 saturated carbocycles. The topological polar surface area (TPSA) is 79.4 Å². The van der Waals surface area contributed by atoms with E-state index in [1.165, 1.54) is 18.1 Å². The van der Waals surface area contributed by atoms with Crippen molar-refractivity contribution in [2.75, 3.05) is 11.6 Å². The molecular formula is C15H12N6S. The van der Waals surface area contributed by atoms with Crippen molar-refractivity contribution >= 4 is 23.3 Å². The Morgan fingerprint density at radius 2 is 2.05 bits per heavy atom. The predicted octanol–water partition coefficient (Wildman–Crippen LogP) is 3.00. The number of aromatic nitrogens is 4. The maximum absolute atomic E-state index is 9.28. The number of imidazole rings is 1. The largest absolute Gasteiger partial charge is 0.339 e. The number of nitrogens with zero attached hydrogens (tertiary/aromatic N) is 5. The second-order valence-corrected chi connectivity index (χ2v) is 5.16. The molecule has 0 spiro atoms. The third-order valence-corrected chi connectivity index (χ3v) is 3.75. The molecule has 0 amide bonds. The number of benzene rings is 1. The van der Waals surface area contributed by atoms with E-state index in [1.54, 1.807) is 12.5 Å². The highest BCUT2D eigenvalue weighted by Crippen LogP contribution is 2.25. The average molecular weight is 308 g/mol. The molecule has 1 N–H and O–H groups in total. The third-order valence-electron chi connectivity index (χ3n) is 3.05. The lowest BCUT2D eigenvalue weighted by molar-refractivity contribution is 1.03. The zero-order valence-electron chi connectivity index (χ0n) is 11.8. The molecule has 0 fully saturated rings. The van der Waals surface area contributed by atoms with Crippen LogP contribution in [0.1, 0.15) is 5.56 Å². The molecule has 2 aromatic heterocycles. The minimum Gasteiger partial charge on any atom is -0.339 e. The predicted molar refractivity (Wildman–Crippen MR) is 85.4 cm³/mol. The van der Waals surface area contributed by atoms with Crippen LogP contribution >= 0.6 is 11.8 Å². The molecule has 1 aromatic carbocycles. The molecule has 0 aliphatic rings. The maximum atomic E-state index is 9.28. The Morgan fingerprint density at radius 3 is 2.68 bits per heavy atom. The Kier molecular flexibility index (Phi) is 4.03. The van der Waals surface area contributed by atoms with Crippen LogP contribution in [0.2, 0.25) is 0 Å². The summed E-state index contributed by atoms with van der Waals surface area (Å²) in [6.07, 6.45) is 8.69. The van der Waals surface area contributed by atoms with Crippen molar-refractivity contribution in [3.8, 4) is 11.8 Å². The number of nitriles is 1. The number of rotatable bonds is 4. The van der Waals surface area contributed by atoms with Crippen LogP contribution in [0, 0.1) is 11.3 Å². The minimum atomic E-state index is 0.452. The van der Waals surface area contributed by atoms with Gasteiger partial charge < -0.3 is 9.88 Å². The van der Waals surface area contributed by atoms with Crippen molar-refractivity contribution in [1.29, 1.82) is 5.26 Å². The highest BCUT2D eigenvalue weighted by atomic mass is 32.2. The maximum Gasteiger partial charge on any atom is 0.152 e. The molecule has 0 radical (unpaired) electrons. The van der Waals surface area contributed by atoms with Gasteiger partial charge in [-0.3, -0.25) is 0 Å². The van der Waals surface area contributed by atoms with Gasteiger partial charge in [0.15, 0.2) is 5.82 Å². The van der Waals surface area contributed by atoms with Crippen molar-refractivity contribution in [1.82, 2.24) is 19.5 Å². The van der Waals surface area contributed by atoms with E-state index in [1.807, 2.05) is 41.3 Å². The summed E-state index contributed by atoms with van der Waals surface area (Å²) >= 11 is 1.42. The quantitative estimate of drug-likeness (QED) is 0.589. The van der Waals surface area contributed by atoms with Gasteiger partial charge in [0, 0.05) is 23.8 Å². The van der Waals surface area contributed by atoms with Gasteiger partial charge >= 0.3 is 0 Å². The first kappa shape index (κ1) is 14.1. The normalized spacial score (nSPS) is 10.2. The summed E-state index contributed by atoms with van der Waals surface area (Å²) in [6, 6.07) is 9.93. The molecule has 0 aliphatic heterocycles. The molecule has 2 heterocycles. The van der Waals surface area contributed by atoms with Crippen molar-refractivity contribution in [3.05, 3.63) is 54.9 Å². The van der Waals surface area contributed by atoms with Crippen LogP contribution in [0.3, 0.4) is 0 Å². The fourth-order valence-electron chi connectivity index (χ4n) is 1.99. The SMILES string of the molecule is CSc1ncnc(Nc2ccc(-n3ccnc3)cc2)c1C#N. The van der Waals surface area contributed by atoms with Gasteiger partial charge in [0.05, 0.1) is 6.33 Å². The number of hydrogen-bond donors (Lipinski definition) is 1. The van der Waals surface area contributed by atoms with Crippen molar-refractivity contribution < 1.29 is 0 Å². The van der Waals surface area contributed by atoms with Crippen LogP contribution in [0.4, 0.5) is 11.5 Å². The smallest absolute Gasteiger partial charge is 0.152 e.